The molecule has 1 heterocycles. The second kappa shape index (κ2) is 9.19. The van der Waals surface area contributed by atoms with E-state index in [0.29, 0.717) is 29.2 Å². The van der Waals surface area contributed by atoms with Gasteiger partial charge in [0.15, 0.2) is 5.71 Å². The monoisotopic (exact) mass is 398 g/mol. The van der Waals surface area contributed by atoms with Crippen LogP contribution in [0.5, 0.6) is 0 Å². The minimum absolute atomic E-state index is 0.142. The van der Waals surface area contributed by atoms with Crippen LogP contribution in [0.15, 0.2) is 34.7 Å². The molecule has 0 fully saturated rings. The van der Waals surface area contributed by atoms with Gasteiger partial charge in [-0.1, -0.05) is 49.9 Å². The van der Waals surface area contributed by atoms with Gasteiger partial charge in [-0.3, -0.25) is 4.31 Å². The molecule has 1 aromatic carbocycles. The first-order valence-corrected chi connectivity index (χ1v) is 10.4. The Morgan fingerprint density at radius 3 is 2.46 bits per heavy atom. The van der Waals surface area contributed by atoms with Gasteiger partial charge in [-0.15, -0.1) is 4.40 Å². The fraction of sp³-hybridized carbons (Fsp3) is 0.444. The van der Waals surface area contributed by atoms with Crippen LogP contribution < -0.4 is 0 Å². The van der Waals surface area contributed by atoms with E-state index in [4.69, 9.17) is 16.3 Å². The average molecular weight is 399 g/mol. The largest absolute Gasteiger partial charge is 0.461 e. The Morgan fingerprint density at radius 2 is 1.85 bits per heavy atom. The van der Waals surface area contributed by atoms with Gasteiger partial charge in [0.2, 0.25) is 0 Å². The van der Waals surface area contributed by atoms with Crippen molar-refractivity contribution in [1.29, 1.82) is 0 Å². The zero-order valence-electron chi connectivity index (χ0n) is 14.9. The fourth-order valence-electron chi connectivity index (χ4n) is 2.59. The molecule has 2 rings (SSSR count). The Hall–Kier alpha value is -1.86. The highest BCUT2D eigenvalue weighted by Crippen LogP contribution is 2.29. The van der Waals surface area contributed by atoms with E-state index in [-0.39, 0.29) is 12.3 Å². The van der Waals surface area contributed by atoms with Gasteiger partial charge in [0.25, 0.3) is 0 Å². The molecule has 0 spiro atoms. The summed E-state index contributed by atoms with van der Waals surface area (Å²) in [5, 5.41) is 0.543. The number of hydrogen-bond donors (Lipinski definition) is 0. The van der Waals surface area contributed by atoms with E-state index < -0.39 is 16.2 Å². The molecule has 0 saturated heterocycles. The molecule has 0 atom stereocenters. The summed E-state index contributed by atoms with van der Waals surface area (Å²) in [6.45, 7) is 4.19. The lowest BCUT2D eigenvalue weighted by molar-refractivity contribution is -0.134. The number of benzene rings is 1. The smallest absolute Gasteiger partial charge is 0.357 e. The third-order valence-corrected chi connectivity index (χ3v) is 5.49. The van der Waals surface area contributed by atoms with Gasteiger partial charge in [-0.25, -0.2) is 4.79 Å². The summed E-state index contributed by atoms with van der Waals surface area (Å²) < 4.78 is 35.2. The summed E-state index contributed by atoms with van der Waals surface area (Å²) >= 11 is 5.93. The van der Waals surface area contributed by atoms with Crippen LogP contribution in [0, 0.1) is 0 Å². The Kier molecular flexibility index (Phi) is 7.23. The van der Waals surface area contributed by atoms with Crippen molar-refractivity contribution in [3.05, 3.63) is 40.9 Å². The first kappa shape index (κ1) is 20.5. The predicted octanol–water partition coefficient (Wildman–Crippen LogP) is 3.83. The SMILES string of the molecule is CCCCCCN1C(c2ccc(Cl)cc2)=CC(C(=O)OCC)=NS1(=O)=O. The number of unbranched alkanes of at least 4 members (excludes halogenated alkanes) is 3. The average Bonchev–Trinajstić information content (AvgIpc) is 2.60. The maximum Gasteiger partial charge on any atom is 0.357 e. The van der Waals surface area contributed by atoms with Crippen molar-refractivity contribution in [3.8, 4) is 0 Å². The zero-order valence-corrected chi connectivity index (χ0v) is 16.5. The summed E-state index contributed by atoms with van der Waals surface area (Å²) in [5.74, 6) is -0.756. The third-order valence-electron chi connectivity index (χ3n) is 3.87. The standard InChI is InChI=1S/C18H23ClN2O4S/c1-3-5-6-7-12-21-17(14-8-10-15(19)11-9-14)13-16(18(22)25-4-2)20-26(21,23)24/h8-11,13H,3-7,12H2,1-2H3. The van der Waals surface area contributed by atoms with Crippen molar-refractivity contribution < 1.29 is 17.9 Å². The first-order chi connectivity index (χ1) is 12.4. The lowest BCUT2D eigenvalue weighted by Gasteiger charge is -2.28. The predicted molar refractivity (Wildman–Crippen MR) is 103 cm³/mol. The fourth-order valence-corrected chi connectivity index (χ4v) is 3.96. The van der Waals surface area contributed by atoms with E-state index in [1.165, 1.54) is 10.4 Å². The number of halogens is 1. The van der Waals surface area contributed by atoms with Gasteiger partial charge in [-0.2, -0.15) is 8.42 Å². The number of hydrogen-bond acceptors (Lipinski definition) is 4. The van der Waals surface area contributed by atoms with Crippen LogP contribution in [0.4, 0.5) is 0 Å². The highest BCUT2D eigenvalue weighted by molar-refractivity contribution is 7.88. The van der Waals surface area contributed by atoms with E-state index in [0.717, 1.165) is 19.3 Å². The van der Waals surface area contributed by atoms with Crippen molar-refractivity contribution in [2.75, 3.05) is 13.2 Å². The van der Waals surface area contributed by atoms with Crippen LogP contribution in [-0.4, -0.2) is 37.6 Å². The van der Waals surface area contributed by atoms with Crippen LogP contribution in [0.2, 0.25) is 5.02 Å². The van der Waals surface area contributed by atoms with E-state index in [9.17, 15) is 13.2 Å². The Bertz CT molecular complexity index is 801. The van der Waals surface area contributed by atoms with Crippen molar-refractivity contribution in [1.82, 2.24) is 4.31 Å². The maximum atomic E-state index is 12.7. The molecule has 1 aromatic rings. The summed E-state index contributed by atoms with van der Waals surface area (Å²) in [5.41, 5.74) is 0.822. The van der Waals surface area contributed by atoms with Crippen molar-refractivity contribution in [3.63, 3.8) is 0 Å². The normalized spacial score (nSPS) is 16.0. The highest BCUT2D eigenvalue weighted by Gasteiger charge is 2.31. The molecular weight excluding hydrogens is 376 g/mol. The number of esters is 1. The van der Waals surface area contributed by atoms with Gasteiger partial charge in [0.05, 0.1) is 12.3 Å². The molecule has 1 aliphatic heterocycles. The molecule has 0 radical (unpaired) electrons. The minimum Gasteiger partial charge on any atom is -0.461 e. The molecule has 0 bridgehead atoms. The van der Waals surface area contributed by atoms with Crippen LogP contribution in [0.25, 0.3) is 5.70 Å². The van der Waals surface area contributed by atoms with Gasteiger partial charge >= 0.3 is 16.2 Å². The second-order valence-corrected chi connectivity index (χ2v) is 7.80. The van der Waals surface area contributed by atoms with Crippen molar-refractivity contribution in [2.24, 2.45) is 4.40 Å². The minimum atomic E-state index is -4.01. The Morgan fingerprint density at radius 1 is 1.15 bits per heavy atom. The topological polar surface area (TPSA) is 76.0 Å². The lowest BCUT2D eigenvalue weighted by atomic mass is 10.1. The quantitative estimate of drug-likeness (QED) is 0.492. The van der Waals surface area contributed by atoms with Gasteiger partial charge in [0, 0.05) is 11.6 Å². The lowest BCUT2D eigenvalue weighted by Crippen LogP contribution is -2.35. The van der Waals surface area contributed by atoms with Crippen LogP contribution in [-0.2, 0) is 19.7 Å². The molecule has 8 heteroatoms. The molecule has 26 heavy (non-hydrogen) atoms. The Balaban J connectivity index is 2.40. The van der Waals surface area contributed by atoms with Crippen LogP contribution in [0.1, 0.15) is 45.1 Å². The van der Waals surface area contributed by atoms with Crippen molar-refractivity contribution >= 4 is 39.2 Å². The number of nitrogens with zero attached hydrogens (tertiary/aromatic N) is 2. The third kappa shape index (κ3) is 5.08. The van der Waals surface area contributed by atoms with E-state index in [1.807, 2.05) is 0 Å². The van der Waals surface area contributed by atoms with Gasteiger partial charge in [0.1, 0.15) is 0 Å². The van der Waals surface area contributed by atoms with Crippen LogP contribution >= 0.6 is 11.6 Å². The highest BCUT2D eigenvalue weighted by atomic mass is 35.5. The van der Waals surface area contributed by atoms with E-state index in [2.05, 4.69) is 11.3 Å². The molecule has 0 unspecified atom stereocenters. The first-order valence-electron chi connectivity index (χ1n) is 8.66. The molecule has 0 N–H and O–H groups in total. The second-order valence-electron chi connectivity index (χ2n) is 5.84. The number of carbonyl (C=O) groups is 1. The number of carbonyl (C=O) groups excluding carboxylic acids is 1. The summed E-state index contributed by atoms with van der Waals surface area (Å²) in [7, 11) is -4.01. The molecule has 0 amide bonds. The molecule has 0 saturated carbocycles. The molecule has 1 aliphatic rings. The van der Waals surface area contributed by atoms with E-state index in [1.54, 1.807) is 31.2 Å². The number of rotatable bonds is 8. The summed E-state index contributed by atoms with van der Waals surface area (Å²) in [4.78, 5) is 12.0. The molecule has 142 valence electrons. The summed E-state index contributed by atoms with van der Waals surface area (Å²) in [6, 6.07) is 6.79. The number of ether oxygens (including phenoxy) is 1. The van der Waals surface area contributed by atoms with Crippen LogP contribution in [0.3, 0.4) is 0 Å². The molecule has 0 aromatic heterocycles. The molecule has 0 aliphatic carbocycles. The van der Waals surface area contributed by atoms with Gasteiger partial charge < -0.3 is 4.74 Å². The molecular formula is C18H23ClN2O4S. The van der Waals surface area contributed by atoms with E-state index >= 15 is 0 Å². The molecule has 6 nitrogen and oxygen atoms in total. The Labute approximate surface area is 159 Å². The van der Waals surface area contributed by atoms with Crippen molar-refractivity contribution in [2.45, 2.75) is 39.5 Å². The zero-order chi connectivity index (χ0) is 19.2. The summed E-state index contributed by atoms with van der Waals surface area (Å²) in [6.07, 6.45) is 5.18. The maximum absolute atomic E-state index is 12.7. The van der Waals surface area contributed by atoms with Gasteiger partial charge in [-0.05, 0) is 37.1 Å².